The summed E-state index contributed by atoms with van der Waals surface area (Å²) in [5.41, 5.74) is 3.06. The molecule has 0 unspecified atom stereocenters. The lowest BCUT2D eigenvalue weighted by Gasteiger charge is -2.49. The van der Waals surface area contributed by atoms with Crippen LogP contribution in [-0.4, -0.2) is 25.5 Å². The first-order valence-corrected chi connectivity index (χ1v) is 6.42. The molecular formula is C14H25N3. The van der Waals surface area contributed by atoms with Crippen molar-refractivity contribution in [1.82, 2.24) is 14.5 Å². The summed E-state index contributed by atoms with van der Waals surface area (Å²) < 4.78 is 2.25. The van der Waals surface area contributed by atoms with Gasteiger partial charge < -0.3 is 4.57 Å². The highest BCUT2D eigenvalue weighted by Gasteiger charge is 2.40. The smallest absolute Gasteiger partial charge is 0.105 e. The van der Waals surface area contributed by atoms with Crippen LogP contribution < -0.4 is 0 Å². The molecule has 0 saturated carbocycles. The second-order valence-corrected chi connectivity index (χ2v) is 6.86. The summed E-state index contributed by atoms with van der Waals surface area (Å²) in [5, 5.41) is 0. The number of rotatable bonds is 0. The van der Waals surface area contributed by atoms with Gasteiger partial charge in [-0.1, -0.05) is 0 Å². The number of hydrogen-bond acceptors (Lipinski definition) is 2. The van der Waals surface area contributed by atoms with Crippen LogP contribution in [0.25, 0.3) is 0 Å². The summed E-state index contributed by atoms with van der Waals surface area (Å²) in [6, 6.07) is 0. The van der Waals surface area contributed by atoms with E-state index in [0.717, 1.165) is 18.8 Å². The molecule has 0 bridgehead atoms. The largest absolute Gasteiger partial charge is 0.335 e. The Labute approximate surface area is 105 Å². The van der Waals surface area contributed by atoms with Gasteiger partial charge in [-0.25, -0.2) is 4.98 Å². The highest BCUT2D eigenvalue weighted by Crippen LogP contribution is 2.35. The fraction of sp³-hybridized carbons (Fsp3) is 0.786. The maximum absolute atomic E-state index is 4.70. The van der Waals surface area contributed by atoms with Crippen molar-refractivity contribution in [2.45, 2.75) is 65.6 Å². The Morgan fingerprint density at radius 2 is 1.82 bits per heavy atom. The normalized spacial score (nSPS) is 20.4. The second-order valence-electron chi connectivity index (χ2n) is 6.86. The van der Waals surface area contributed by atoms with Crippen LogP contribution in [0, 0.1) is 6.92 Å². The van der Waals surface area contributed by atoms with E-state index in [1.807, 2.05) is 0 Å². The Bertz CT molecular complexity index is 435. The standard InChI is InChI=1S/C14H25N3/c1-10-15-11-9-17(13(2,3)4)14(5,6)8-12(11)16(10)7/h8-9H2,1-7H3. The molecule has 1 aromatic heterocycles. The van der Waals surface area contributed by atoms with Crippen LogP contribution in [0.3, 0.4) is 0 Å². The van der Waals surface area contributed by atoms with Gasteiger partial charge in [0.05, 0.1) is 5.69 Å². The minimum absolute atomic E-state index is 0.187. The molecule has 3 nitrogen and oxygen atoms in total. The molecule has 0 aliphatic carbocycles. The Morgan fingerprint density at radius 3 is 2.35 bits per heavy atom. The van der Waals surface area contributed by atoms with Gasteiger partial charge in [-0.05, 0) is 41.5 Å². The molecule has 1 aliphatic heterocycles. The van der Waals surface area contributed by atoms with E-state index >= 15 is 0 Å². The van der Waals surface area contributed by atoms with Crippen molar-refractivity contribution in [3.63, 3.8) is 0 Å². The average Bonchev–Trinajstić information content (AvgIpc) is 2.40. The number of hydrogen-bond donors (Lipinski definition) is 0. The van der Waals surface area contributed by atoms with Gasteiger partial charge in [-0.15, -0.1) is 0 Å². The minimum Gasteiger partial charge on any atom is -0.335 e. The number of aromatic nitrogens is 2. The first-order valence-electron chi connectivity index (χ1n) is 6.42. The Kier molecular flexibility index (Phi) is 2.66. The van der Waals surface area contributed by atoms with Gasteiger partial charge in [0.25, 0.3) is 0 Å². The van der Waals surface area contributed by atoms with Crippen molar-refractivity contribution in [2.24, 2.45) is 7.05 Å². The molecule has 0 aromatic carbocycles. The van der Waals surface area contributed by atoms with E-state index in [4.69, 9.17) is 4.98 Å². The molecule has 2 rings (SSSR count). The fourth-order valence-electron chi connectivity index (χ4n) is 3.09. The van der Waals surface area contributed by atoms with E-state index < -0.39 is 0 Å². The highest BCUT2D eigenvalue weighted by molar-refractivity contribution is 5.23. The highest BCUT2D eigenvalue weighted by atomic mass is 15.3. The molecular weight excluding hydrogens is 210 g/mol. The van der Waals surface area contributed by atoms with Crippen LogP contribution in [0.5, 0.6) is 0 Å². The van der Waals surface area contributed by atoms with Crippen molar-refractivity contribution in [2.75, 3.05) is 0 Å². The van der Waals surface area contributed by atoms with E-state index in [-0.39, 0.29) is 11.1 Å². The van der Waals surface area contributed by atoms with Gasteiger partial charge in [0, 0.05) is 36.8 Å². The van der Waals surface area contributed by atoms with Gasteiger partial charge in [-0.3, -0.25) is 4.90 Å². The number of nitrogens with zero attached hydrogens (tertiary/aromatic N) is 3. The maximum atomic E-state index is 4.70. The quantitative estimate of drug-likeness (QED) is 0.689. The van der Waals surface area contributed by atoms with Gasteiger partial charge in [0.2, 0.25) is 0 Å². The van der Waals surface area contributed by atoms with Crippen LogP contribution in [-0.2, 0) is 20.0 Å². The second kappa shape index (κ2) is 3.58. The minimum atomic E-state index is 0.187. The van der Waals surface area contributed by atoms with Gasteiger partial charge in [0.15, 0.2) is 0 Å². The zero-order valence-electron chi connectivity index (χ0n) is 12.3. The Hall–Kier alpha value is -0.830. The summed E-state index contributed by atoms with van der Waals surface area (Å²) >= 11 is 0. The summed E-state index contributed by atoms with van der Waals surface area (Å²) in [6.07, 6.45) is 1.08. The summed E-state index contributed by atoms with van der Waals surface area (Å²) in [4.78, 5) is 7.27. The van der Waals surface area contributed by atoms with Gasteiger partial charge >= 0.3 is 0 Å². The number of fused-ring (bicyclic) bond motifs is 1. The first kappa shape index (κ1) is 12.6. The molecule has 1 aromatic rings. The van der Waals surface area contributed by atoms with Crippen LogP contribution in [0.4, 0.5) is 0 Å². The van der Waals surface area contributed by atoms with Crippen LogP contribution in [0.15, 0.2) is 0 Å². The van der Waals surface area contributed by atoms with E-state index in [1.54, 1.807) is 0 Å². The fourth-order valence-corrected chi connectivity index (χ4v) is 3.09. The third-order valence-corrected chi connectivity index (χ3v) is 3.97. The van der Waals surface area contributed by atoms with E-state index in [9.17, 15) is 0 Å². The molecule has 2 heterocycles. The summed E-state index contributed by atoms with van der Waals surface area (Å²) in [5.74, 6) is 1.13. The zero-order valence-corrected chi connectivity index (χ0v) is 12.3. The van der Waals surface area contributed by atoms with E-state index in [2.05, 4.69) is 58.1 Å². The number of aryl methyl sites for hydroxylation is 1. The van der Waals surface area contributed by atoms with Crippen molar-refractivity contribution in [1.29, 1.82) is 0 Å². The van der Waals surface area contributed by atoms with Crippen molar-refractivity contribution < 1.29 is 0 Å². The molecule has 3 heteroatoms. The van der Waals surface area contributed by atoms with Crippen LogP contribution in [0.2, 0.25) is 0 Å². The predicted octanol–water partition coefficient (Wildman–Crippen LogP) is 2.66. The zero-order chi connectivity index (χ0) is 13.0. The van der Waals surface area contributed by atoms with Crippen molar-refractivity contribution >= 4 is 0 Å². The average molecular weight is 235 g/mol. The Balaban J connectivity index is 2.45. The lowest BCUT2D eigenvalue weighted by atomic mass is 9.86. The summed E-state index contributed by atoms with van der Waals surface area (Å²) in [7, 11) is 2.13. The molecule has 17 heavy (non-hydrogen) atoms. The van der Waals surface area contributed by atoms with Crippen LogP contribution in [0.1, 0.15) is 51.8 Å². The maximum Gasteiger partial charge on any atom is 0.105 e. The lowest BCUT2D eigenvalue weighted by molar-refractivity contribution is 0.00646. The van der Waals surface area contributed by atoms with E-state index in [0.29, 0.717) is 0 Å². The molecule has 0 saturated heterocycles. The van der Waals surface area contributed by atoms with E-state index in [1.165, 1.54) is 11.4 Å². The predicted molar refractivity (Wildman–Crippen MR) is 71.0 cm³/mol. The molecule has 1 aliphatic rings. The van der Waals surface area contributed by atoms with Crippen molar-refractivity contribution in [3.8, 4) is 0 Å². The Morgan fingerprint density at radius 1 is 1.24 bits per heavy atom. The first-order chi connectivity index (χ1) is 7.63. The molecule has 0 radical (unpaired) electrons. The van der Waals surface area contributed by atoms with Gasteiger partial charge in [0.1, 0.15) is 5.82 Å². The third-order valence-electron chi connectivity index (χ3n) is 3.97. The SMILES string of the molecule is Cc1nc2c(n1C)CC(C)(C)N(C(C)(C)C)C2. The van der Waals surface area contributed by atoms with Gasteiger partial charge in [-0.2, -0.15) is 0 Å². The van der Waals surface area contributed by atoms with Crippen molar-refractivity contribution in [3.05, 3.63) is 17.2 Å². The molecule has 0 amide bonds. The summed E-state index contributed by atoms with van der Waals surface area (Å²) in [6.45, 7) is 14.6. The monoisotopic (exact) mass is 235 g/mol. The molecule has 0 spiro atoms. The lowest BCUT2D eigenvalue weighted by Crippen LogP contribution is -2.57. The topological polar surface area (TPSA) is 21.1 Å². The molecule has 96 valence electrons. The van der Waals surface area contributed by atoms with Crippen LogP contribution >= 0.6 is 0 Å². The molecule has 0 N–H and O–H groups in total. The third kappa shape index (κ3) is 2.01. The molecule has 0 atom stereocenters. The number of imidazole rings is 1. The molecule has 0 fully saturated rings.